The number of hydrogen-bond donors (Lipinski definition) is 1. The first kappa shape index (κ1) is 25.4. The molecule has 1 unspecified atom stereocenters. The van der Waals surface area contributed by atoms with Crippen molar-refractivity contribution in [3.05, 3.63) is 99.0 Å². The van der Waals surface area contributed by atoms with Crippen molar-refractivity contribution in [3.8, 4) is 23.3 Å². The number of aryl methyl sites for hydroxylation is 1. The van der Waals surface area contributed by atoms with Gasteiger partial charge in [0.1, 0.15) is 34.5 Å². The quantitative estimate of drug-likeness (QED) is 0.143. The SMILES string of the molecule is CCCCOc1cccc(C2C(C#N)=C(N)Oc3cc(OC(=O)c4oc5cc(Br)ccc5c4C)ccc32)c1. The Bertz CT molecular complexity index is 1610. The maximum Gasteiger partial charge on any atom is 0.379 e. The topological polar surface area (TPSA) is 108 Å². The number of nitriles is 1. The molecule has 0 spiro atoms. The predicted molar refractivity (Wildman–Crippen MR) is 146 cm³/mol. The molecule has 4 aromatic rings. The molecule has 1 aromatic heterocycles. The third kappa shape index (κ3) is 4.85. The maximum absolute atomic E-state index is 13.0. The number of furan rings is 1. The largest absolute Gasteiger partial charge is 0.494 e. The van der Waals surface area contributed by atoms with E-state index in [2.05, 4.69) is 28.9 Å². The third-order valence-electron chi connectivity index (χ3n) is 6.44. The fourth-order valence-corrected chi connectivity index (χ4v) is 4.85. The highest BCUT2D eigenvalue weighted by atomic mass is 79.9. The number of halogens is 1. The summed E-state index contributed by atoms with van der Waals surface area (Å²) in [6.07, 6.45) is 1.98. The Hall–Kier alpha value is -4.22. The van der Waals surface area contributed by atoms with Crippen LogP contribution in [0.5, 0.6) is 17.2 Å². The fourth-order valence-electron chi connectivity index (χ4n) is 4.51. The van der Waals surface area contributed by atoms with E-state index in [1.165, 1.54) is 0 Å². The molecule has 0 amide bonds. The van der Waals surface area contributed by atoms with Gasteiger partial charge in [-0.15, -0.1) is 0 Å². The maximum atomic E-state index is 13.0. The molecular formula is C30H25BrN2O5. The number of allylic oxidation sites excluding steroid dienone is 1. The Balaban J connectivity index is 1.45. The molecule has 0 aliphatic carbocycles. The molecule has 7 nitrogen and oxygen atoms in total. The number of nitrogens with zero attached hydrogens (tertiary/aromatic N) is 1. The summed E-state index contributed by atoms with van der Waals surface area (Å²) < 4.78 is 23.9. The summed E-state index contributed by atoms with van der Waals surface area (Å²) in [5, 5.41) is 10.7. The summed E-state index contributed by atoms with van der Waals surface area (Å²) in [4.78, 5) is 13.0. The zero-order chi connectivity index (χ0) is 26.8. The number of benzene rings is 3. The molecule has 0 radical (unpaired) electrons. The van der Waals surface area contributed by atoms with Crippen molar-refractivity contribution in [2.45, 2.75) is 32.6 Å². The number of hydrogen-bond acceptors (Lipinski definition) is 7. The van der Waals surface area contributed by atoms with E-state index < -0.39 is 11.9 Å². The summed E-state index contributed by atoms with van der Waals surface area (Å²) in [5.74, 6) is 0.432. The van der Waals surface area contributed by atoms with Gasteiger partial charge in [-0.3, -0.25) is 0 Å². The van der Waals surface area contributed by atoms with Gasteiger partial charge in [-0.2, -0.15) is 5.26 Å². The van der Waals surface area contributed by atoms with Crippen molar-refractivity contribution >= 4 is 32.9 Å². The molecule has 3 aromatic carbocycles. The number of carbonyl (C=O) groups is 1. The standard InChI is InChI=1S/C30H25BrN2O5/c1-3-4-12-35-20-7-5-6-18(13-20)27-23-11-9-21(15-26(23)38-29(33)24(27)16-32)36-30(34)28-17(2)22-10-8-19(31)14-25(22)37-28/h5-11,13-15,27H,3-4,12,33H2,1-2H3. The van der Waals surface area contributed by atoms with E-state index in [0.29, 0.717) is 29.1 Å². The van der Waals surface area contributed by atoms with Gasteiger partial charge in [-0.1, -0.05) is 47.5 Å². The van der Waals surface area contributed by atoms with Crippen LogP contribution in [-0.2, 0) is 0 Å². The Kier molecular flexibility index (Phi) is 7.12. The van der Waals surface area contributed by atoms with Crippen molar-refractivity contribution in [2.24, 2.45) is 5.73 Å². The molecule has 0 bridgehead atoms. The molecule has 1 aliphatic rings. The van der Waals surface area contributed by atoms with Crippen molar-refractivity contribution in [2.75, 3.05) is 6.61 Å². The first-order valence-corrected chi connectivity index (χ1v) is 13.0. The van der Waals surface area contributed by atoms with Crippen molar-refractivity contribution in [3.63, 3.8) is 0 Å². The molecule has 5 rings (SSSR count). The number of esters is 1. The van der Waals surface area contributed by atoms with E-state index in [0.717, 1.165) is 39.6 Å². The van der Waals surface area contributed by atoms with Crippen LogP contribution in [0.2, 0.25) is 0 Å². The van der Waals surface area contributed by atoms with E-state index >= 15 is 0 Å². The second-order valence-corrected chi connectivity index (χ2v) is 9.90. The molecule has 0 fully saturated rings. The highest BCUT2D eigenvalue weighted by Crippen LogP contribution is 2.44. The molecule has 2 N–H and O–H groups in total. The Morgan fingerprint density at radius 3 is 2.76 bits per heavy atom. The van der Waals surface area contributed by atoms with Crippen LogP contribution in [0.25, 0.3) is 11.0 Å². The first-order chi connectivity index (χ1) is 18.4. The number of carbonyl (C=O) groups excluding carboxylic acids is 1. The highest BCUT2D eigenvalue weighted by Gasteiger charge is 2.31. The Labute approximate surface area is 228 Å². The fraction of sp³-hybridized carbons (Fsp3) is 0.200. The minimum Gasteiger partial charge on any atom is -0.494 e. The van der Waals surface area contributed by atoms with E-state index in [9.17, 15) is 10.1 Å². The Morgan fingerprint density at radius 2 is 1.97 bits per heavy atom. The number of nitrogens with two attached hydrogens (primary N) is 1. The average molecular weight is 573 g/mol. The van der Waals surface area contributed by atoms with Crippen LogP contribution in [0.1, 0.15) is 52.9 Å². The van der Waals surface area contributed by atoms with Crippen molar-refractivity contribution in [1.82, 2.24) is 0 Å². The summed E-state index contributed by atoms with van der Waals surface area (Å²) in [6, 6.07) is 20.4. The molecule has 8 heteroatoms. The van der Waals surface area contributed by atoms with Gasteiger partial charge >= 0.3 is 5.97 Å². The number of unbranched alkanes of at least 4 members (excludes halogenated alkanes) is 1. The molecule has 192 valence electrons. The lowest BCUT2D eigenvalue weighted by molar-refractivity contribution is 0.0702. The van der Waals surface area contributed by atoms with Crippen LogP contribution in [0.4, 0.5) is 0 Å². The molecule has 38 heavy (non-hydrogen) atoms. The lowest BCUT2D eigenvalue weighted by atomic mass is 9.83. The van der Waals surface area contributed by atoms with Crippen LogP contribution in [-0.4, -0.2) is 12.6 Å². The van der Waals surface area contributed by atoms with E-state index in [4.69, 9.17) is 24.4 Å². The summed E-state index contributed by atoms with van der Waals surface area (Å²) in [7, 11) is 0. The van der Waals surface area contributed by atoms with Gasteiger partial charge in [0.2, 0.25) is 11.6 Å². The molecule has 1 atom stereocenters. The normalized spacial score (nSPS) is 14.5. The second kappa shape index (κ2) is 10.6. The van der Waals surface area contributed by atoms with Gasteiger partial charge in [0.15, 0.2) is 0 Å². The van der Waals surface area contributed by atoms with Crippen LogP contribution in [0.15, 0.2) is 81.0 Å². The minimum absolute atomic E-state index is 0.00415. The number of fused-ring (bicyclic) bond motifs is 2. The lowest BCUT2D eigenvalue weighted by Crippen LogP contribution is -2.21. The van der Waals surface area contributed by atoms with Gasteiger partial charge < -0.3 is 24.4 Å². The zero-order valence-corrected chi connectivity index (χ0v) is 22.5. The van der Waals surface area contributed by atoms with E-state index in [1.54, 1.807) is 24.3 Å². The van der Waals surface area contributed by atoms with Gasteiger partial charge in [-0.05, 0) is 55.3 Å². The summed E-state index contributed by atoms with van der Waals surface area (Å²) in [6.45, 7) is 4.53. The first-order valence-electron chi connectivity index (χ1n) is 12.2. The number of ether oxygens (including phenoxy) is 3. The van der Waals surface area contributed by atoms with Crippen LogP contribution >= 0.6 is 15.9 Å². The van der Waals surface area contributed by atoms with E-state index in [1.807, 2.05) is 43.3 Å². The highest BCUT2D eigenvalue weighted by molar-refractivity contribution is 9.10. The summed E-state index contributed by atoms with van der Waals surface area (Å²) in [5.41, 5.74) is 9.32. The lowest BCUT2D eigenvalue weighted by Gasteiger charge is -2.27. The van der Waals surface area contributed by atoms with Gasteiger partial charge in [0, 0.05) is 27.1 Å². The average Bonchev–Trinajstić information content (AvgIpc) is 3.23. The monoisotopic (exact) mass is 572 g/mol. The van der Waals surface area contributed by atoms with Crippen LogP contribution in [0, 0.1) is 18.3 Å². The zero-order valence-electron chi connectivity index (χ0n) is 20.9. The number of rotatable bonds is 7. The molecule has 0 saturated carbocycles. The van der Waals surface area contributed by atoms with Crippen molar-refractivity contribution in [1.29, 1.82) is 5.26 Å². The molecule has 1 aliphatic heterocycles. The molecule has 0 saturated heterocycles. The molecule has 2 heterocycles. The minimum atomic E-state index is -0.625. The third-order valence-corrected chi connectivity index (χ3v) is 6.94. The van der Waals surface area contributed by atoms with Crippen LogP contribution < -0.4 is 19.9 Å². The van der Waals surface area contributed by atoms with Crippen molar-refractivity contribution < 1.29 is 23.4 Å². The van der Waals surface area contributed by atoms with Gasteiger partial charge in [-0.25, -0.2) is 4.79 Å². The molecular weight excluding hydrogens is 548 g/mol. The van der Waals surface area contributed by atoms with E-state index in [-0.39, 0.29) is 17.4 Å². The van der Waals surface area contributed by atoms with Crippen LogP contribution in [0.3, 0.4) is 0 Å². The smallest absolute Gasteiger partial charge is 0.379 e. The Morgan fingerprint density at radius 1 is 1.13 bits per heavy atom. The summed E-state index contributed by atoms with van der Waals surface area (Å²) >= 11 is 3.41. The second-order valence-electron chi connectivity index (χ2n) is 8.99. The van der Waals surface area contributed by atoms with Gasteiger partial charge in [0.05, 0.1) is 12.5 Å². The predicted octanol–water partition coefficient (Wildman–Crippen LogP) is 7.12. The van der Waals surface area contributed by atoms with Gasteiger partial charge in [0.25, 0.3) is 0 Å².